The molecule has 0 saturated carbocycles. The van der Waals surface area contributed by atoms with Crippen molar-refractivity contribution >= 4 is 40.5 Å². The number of benzene rings is 2. The molecular formula is C21H18ClNOS. The molecule has 126 valence electrons. The van der Waals surface area contributed by atoms with Crippen LogP contribution in [0.4, 0.5) is 5.69 Å². The molecule has 1 heterocycles. The summed E-state index contributed by atoms with van der Waals surface area (Å²) in [5, 5.41) is 0.708. The molecular weight excluding hydrogens is 350 g/mol. The summed E-state index contributed by atoms with van der Waals surface area (Å²) in [5.41, 5.74) is 3.21. The highest BCUT2D eigenvalue weighted by Crippen LogP contribution is 2.29. The second-order valence-corrected chi connectivity index (χ2v) is 7.37. The molecule has 0 spiro atoms. The molecule has 3 aromatic rings. The summed E-state index contributed by atoms with van der Waals surface area (Å²) >= 11 is 7.41. The van der Waals surface area contributed by atoms with Crippen molar-refractivity contribution in [3.63, 3.8) is 0 Å². The molecule has 4 heteroatoms. The van der Waals surface area contributed by atoms with Crippen LogP contribution in [-0.4, -0.2) is 19.9 Å². The molecule has 0 saturated heterocycles. The SMILES string of the molecule is CN(C)c1ccc(/C=C/C(=O)c2ccc(-c3ccc(Cl)cc3)s2)cc1. The zero-order valence-electron chi connectivity index (χ0n) is 14.1. The second-order valence-electron chi connectivity index (χ2n) is 5.85. The van der Waals surface area contributed by atoms with Crippen LogP contribution in [0.1, 0.15) is 15.2 Å². The Morgan fingerprint density at radius 2 is 1.64 bits per heavy atom. The molecule has 2 nitrogen and oxygen atoms in total. The van der Waals surface area contributed by atoms with Gasteiger partial charge in [0, 0.05) is 29.7 Å². The monoisotopic (exact) mass is 367 g/mol. The smallest absolute Gasteiger partial charge is 0.195 e. The number of carbonyl (C=O) groups is 1. The lowest BCUT2D eigenvalue weighted by Crippen LogP contribution is -2.07. The van der Waals surface area contributed by atoms with E-state index in [1.54, 1.807) is 6.08 Å². The topological polar surface area (TPSA) is 20.3 Å². The molecule has 0 bridgehead atoms. The van der Waals surface area contributed by atoms with Gasteiger partial charge < -0.3 is 4.90 Å². The summed E-state index contributed by atoms with van der Waals surface area (Å²) in [7, 11) is 4.01. The van der Waals surface area contributed by atoms with Gasteiger partial charge in [-0.15, -0.1) is 11.3 Å². The van der Waals surface area contributed by atoms with Crippen molar-refractivity contribution in [2.45, 2.75) is 0 Å². The number of thiophene rings is 1. The molecule has 1 aromatic heterocycles. The van der Waals surface area contributed by atoms with E-state index < -0.39 is 0 Å². The molecule has 0 amide bonds. The van der Waals surface area contributed by atoms with Gasteiger partial charge in [0.15, 0.2) is 5.78 Å². The van der Waals surface area contributed by atoms with Gasteiger partial charge in [0.25, 0.3) is 0 Å². The normalized spacial score (nSPS) is 11.0. The lowest BCUT2D eigenvalue weighted by molar-refractivity contribution is 0.105. The minimum absolute atomic E-state index is 0.0156. The third-order valence-corrected chi connectivity index (χ3v) is 5.22. The summed E-state index contributed by atoms with van der Waals surface area (Å²) in [5.74, 6) is 0.0156. The fraction of sp³-hybridized carbons (Fsp3) is 0.0952. The first-order valence-corrected chi connectivity index (χ1v) is 9.08. The van der Waals surface area contributed by atoms with Crippen LogP contribution >= 0.6 is 22.9 Å². The molecule has 0 aliphatic carbocycles. The minimum Gasteiger partial charge on any atom is -0.378 e. The Labute approximate surface area is 157 Å². The Morgan fingerprint density at radius 3 is 2.28 bits per heavy atom. The standard InChI is InChI=1S/C21H18ClNOS/c1-23(2)18-10-3-15(4-11-18)5-12-19(24)21-14-13-20(25-21)16-6-8-17(22)9-7-16/h3-14H,1-2H3/b12-5+. The number of nitrogens with zero attached hydrogens (tertiary/aromatic N) is 1. The largest absolute Gasteiger partial charge is 0.378 e. The Morgan fingerprint density at radius 1 is 0.960 bits per heavy atom. The maximum absolute atomic E-state index is 12.4. The first-order chi connectivity index (χ1) is 12.0. The van der Waals surface area contributed by atoms with Gasteiger partial charge in [0.2, 0.25) is 0 Å². The number of carbonyl (C=O) groups excluding carboxylic acids is 1. The lowest BCUT2D eigenvalue weighted by atomic mass is 10.1. The number of allylic oxidation sites excluding steroid dienone is 1. The molecule has 2 aromatic carbocycles. The van der Waals surface area contributed by atoms with E-state index in [1.807, 2.05) is 85.7 Å². The van der Waals surface area contributed by atoms with Crippen LogP contribution in [0.2, 0.25) is 5.02 Å². The van der Waals surface area contributed by atoms with Gasteiger partial charge in [-0.2, -0.15) is 0 Å². The van der Waals surface area contributed by atoms with Gasteiger partial charge in [-0.25, -0.2) is 0 Å². The van der Waals surface area contributed by atoms with Crippen molar-refractivity contribution in [2.24, 2.45) is 0 Å². The van der Waals surface area contributed by atoms with E-state index in [2.05, 4.69) is 0 Å². The van der Waals surface area contributed by atoms with Crippen molar-refractivity contribution in [1.82, 2.24) is 0 Å². The lowest BCUT2D eigenvalue weighted by Gasteiger charge is -2.11. The second kappa shape index (κ2) is 7.68. The average molecular weight is 368 g/mol. The minimum atomic E-state index is 0.0156. The predicted molar refractivity (Wildman–Crippen MR) is 109 cm³/mol. The molecule has 0 aliphatic heterocycles. The molecule has 0 N–H and O–H groups in total. The van der Waals surface area contributed by atoms with E-state index in [4.69, 9.17) is 11.6 Å². The van der Waals surface area contributed by atoms with Crippen LogP contribution in [0.25, 0.3) is 16.5 Å². The summed E-state index contributed by atoms with van der Waals surface area (Å²) < 4.78 is 0. The van der Waals surface area contributed by atoms with Crippen molar-refractivity contribution in [1.29, 1.82) is 0 Å². The zero-order chi connectivity index (χ0) is 17.8. The van der Waals surface area contributed by atoms with Crippen molar-refractivity contribution in [3.8, 4) is 10.4 Å². The Bertz CT molecular complexity index is 892. The number of hydrogen-bond acceptors (Lipinski definition) is 3. The van der Waals surface area contributed by atoms with Gasteiger partial charge in [0.1, 0.15) is 0 Å². The third-order valence-electron chi connectivity index (χ3n) is 3.81. The number of ketones is 1. The number of hydrogen-bond donors (Lipinski definition) is 0. The highest BCUT2D eigenvalue weighted by atomic mass is 35.5. The molecule has 0 atom stereocenters. The van der Waals surface area contributed by atoms with E-state index in [0.717, 1.165) is 26.6 Å². The summed E-state index contributed by atoms with van der Waals surface area (Å²) in [4.78, 5) is 16.2. The predicted octanol–water partition coefficient (Wildman–Crippen LogP) is 6.03. The van der Waals surface area contributed by atoms with Crippen molar-refractivity contribution in [3.05, 3.63) is 82.2 Å². The van der Waals surface area contributed by atoms with E-state index >= 15 is 0 Å². The molecule has 0 unspecified atom stereocenters. The first kappa shape index (κ1) is 17.5. The van der Waals surface area contributed by atoms with Crippen LogP contribution in [0.15, 0.2) is 66.7 Å². The van der Waals surface area contributed by atoms with Crippen LogP contribution in [0, 0.1) is 0 Å². The van der Waals surface area contributed by atoms with Gasteiger partial charge in [0.05, 0.1) is 4.88 Å². The van der Waals surface area contributed by atoms with Crippen LogP contribution in [0.5, 0.6) is 0 Å². The van der Waals surface area contributed by atoms with Crippen LogP contribution < -0.4 is 4.90 Å². The number of rotatable bonds is 5. The molecule has 0 radical (unpaired) electrons. The van der Waals surface area contributed by atoms with Gasteiger partial charge in [-0.3, -0.25) is 4.79 Å². The highest BCUT2D eigenvalue weighted by Gasteiger charge is 2.08. The van der Waals surface area contributed by atoms with Gasteiger partial charge >= 0.3 is 0 Å². The maximum atomic E-state index is 12.4. The van der Waals surface area contributed by atoms with Crippen LogP contribution in [0.3, 0.4) is 0 Å². The number of halogens is 1. The van der Waals surface area contributed by atoms with Crippen molar-refractivity contribution < 1.29 is 4.79 Å². The van der Waals surface area contributed by atoms with E-state index in [1.165, 1.54) is 11.3 Å². The van der Waals surface area contributed by atoms with E-state index in [-0.39, 0.29) is 5.78 Å². The van der Waals surface area contributed by atoms with Gasteiger partial charge in [-0.05, 0) is 53.6 Å². The maximum Gasteiger partial charge on any atom is 0.195 e. The van der Waals surface area contributed by atoms with E-state index in [9.17, 15) is 4.79 Å². The summed E-state index contributed by atoms with van der Waals surface area (Å²) in [6.45, 7) is 0. The van der Waals surface area contributed by atoms with E-state index in [0.29, 0.717) is 5.02 Å². The third kappa shape index (κ3) is 4.38. The molecule has 0 fully saturated rings. The summed E-state index contributed by atoms with van der Waals surface area (Å²) in [6.07, 6.45) is 3.48. The highest BCUT2D eigenvalue weighted by molar-refractivity contribution is 7.17. The quantitative estimate of drug-likeness (QED) is 0.405. The Hall–Kier alpha value is -2.36. The average Bonchev–Trinajstić information content (AvgIpc) is 3.11. The van der Waals surface area contributed by atoms with Gasteiger partial charge in [-0.1, -0.05) is 41.9 Å². The van der Waals surface area contributed by atoms with Crippen molar-refractivity contribution in [2.75, 3.05) is 19.0 Å². The molecule has 3 rings (SSSR count). The molecule has 25 heavy (non-hydrogen) atoms. The number of anilines is 1. The van der Waals surface area contributed by atoms with Crippen LogP contribution in [-0.2, 0) is 0 Å². The summed E-state index contributed by atoms with van der Waals surface area (Å²) in [6, 6.07) is 19.6. The first-order valence-electron chi connectivity index (χ1n) is 7.88. The molecule has 0 aliphatic rings. The Kier molecular flexibility index (Phi) is 5.37. The fourth-order valence-electron chi connectivity index (χ4n) is 2.38. The fourth-order valence-corrected chi connectivity index (χ4v) is 3.43. The zero-order valence-corrected chi connectivity index (χ0v) is 15.6. The Balaban J connectivity index is 1.72.